The van der Waals surface area contributed by atoms with Crippen molar-refractivity contribution in [1.82, 2.24) is 9.80 Å². The Morgan fingerprint density at radius 2 is 1.17 bits per heavy atom. The summed E-state index contributed by atoms with van der Waals surface area (Å²) in [7, 11) is 0. The standard InChI is InChI=1S/C20H22N2O2/c1-3-19-17-9-15(1)5-7-21-12-18-10-16(2-4-20(18)24-14-21)6-8-22(11-17)13-23-19/h1-4,9-10H,5-8,11-14H2. The lowest BCUT2D eigenvalue weighted by Crippen LogP contribution is -2.35. The lowest BCUT2D eigenvalue weighted by atomic mass is 10.0. The van der Waals surface area contributed by atoms with Gasteiger partial charge in [-0.05, 0) is 36.1 Å². The number of fused-ring (bicyclic) bond motifs is 4. The van der Waals surface area contributed by atoms with Crippen LogP contribution >= 0.6 is 0 Å². The van der Waals surface area contributed by atoms with E-state index in [9.17, 15) is 0 Å². The van der Waals surface area contributed by atoms with E-state index in [1.54, 1.807) is 0 Å². The lowest BCUT2D eigenvalue weighted by Gasteiger charge is -2.31. The maximum absolute atomic E-state index is 5.94. The van der Waals surface area contributed by atoms with Gasteiger partial charge in [-0.15, -0.1) is 0 Å². The molecule has 3 aliphatic rings. The third kappa shape index (κ3) is 2.66. The summed E-state index contributed by atoms with van der Waals surface area (Å²) in [6.45, 7) is 5.39. The average Bonchev–Trinajstić information content (AvgIpc) is 2.63. The fourth-order valence-corrected chi connectivity index (χ4v) is 3.86. The maximum atomic E-state index is 5.94. The Bertz CT molecular complexity index is 709. The molecule has 0 radical (unpaired) electrons. The van der Waals surface area contributed by atoms with Crippen LogP contribution < -0.4 is 9.47 Å². The molecule has 0 aromatic heterocycles. The molecule has 5 rings (SSSR count). The van der Waals surface area contributed by atoms with Crippen LogP contribution in [0.5, 0.6) is 11.5 Å². The van der Waals surface area contributed by atoms with Crippen molar-refractivity contribution in [2.24, 2.45) is 0 Å². The smallest absolute Gasteiger partial charge is 0.142 e. The van der Waals surface area contributed by atoms with Crippen LogP contribution in [0.25, 0.3) is 0 Å². The third-order valence-electron chi connectivity index (χ3n) is 5.28. The van der Waals surface area contributed by atoms with Gasteiger partial charge in [0.1, 0.15) is 25.0 Å². The summed E-state index contributed by atoms with van der Waals surface area (Å²) in [4.78, 5) is 4.78. The van der Waals surface area contributed by atoms with Crippen molar-refractivity contribution < 1.29 is 9.47 Å². The maximum Gasteiger partial charge on any atom is 0.142 e. The Kier molecular flexibility index (Phi) is 3.46. The van der Waals surface area contributed by atoms with Crippen LogP contribution in [0.1, 0.15) is 22.3 Å². The van der Waals surface area contributed by atoms with Gasteiger partial charge in [-0.1, -0.05) is 24.3 Å². The van der Waals surface area contributed by atoms with Crippen LogP contribution in [0.3, 0.4) is 0 Å². The largest absolute Gasteiger partial charge is 0.478 e. The fourth-order valence-electron chi connectivity index (χ4n) is 3.86. The van der Waals surface area contributed by atoms with Gasteiger partial charge in [0.25, 0.3) is 0 Å². The molecule has 0 amide bonds. The van der Waals surface area contributed by atoms with E-state index >= 15 is 0 Å². The van der Waals surface area contributed by atoms with Crippen LogP contribution in [0.2, 0.25) is 0 Å². The minimum Gasteiger partial charge on any atom is -0.478 e. The Hall–Kier alpha value is -2.04. The number of hydrogen-bond acceptors (Lipinski definition) is 4. The quantitative estimate of drug-likeness (QED) is 0.745. The van der Waals surface area contributed by atoms with Gasteiger partial charge >= 0.3 is 0 Å². The van der Waals surface area contributed by atoms with Crippen molar-refractivity contribution in [2.45, 2.75) is 25.9 Å². The highest BCUT2D eigenvalue weighted by molar-refractivity contribution is 5.40. The molecule has 0 saturated heterocycles. The Morgan fingerprint density at radius 3 is 1.67 bits per heavy atom. The molecule has 2 aromatic rings. The van der Waals surface area contributed by atoms with Gasteiger partial charge < -0.3 is 9.47 Å². The zero-order valence-corrected chi connectivity index (χ0v) is 13.8. The molecule has 0 saturated carbocycles. The summed E-state index contributed by atoms with van der Waals surface area (Å²) in [6, 6.07) is 13.3. The molecule has 3 heterocycles. The van der Waals surface area contributed by atoms with E-state index in [1.165, 1.54) is 22.3 Å². The number of benzene rings is 2. The summed E-state index contributed by atoms with van der Waals surface area (Å²) in [5, 5.41) is 0. The van der Waals surface area contributed by atoms with Crippen LogP contribution in [0.4, 0.5) is 0 Å². The first-order valence-corrected chi connectivity index (χ1v) is 8.77. The number of rotatable bonds is 0. The van der Waals surface area contributed by atoms with Gasteiger partial charge in [0.15, 0.2) is 0 Å². The highest BCUT2D eigenvalue weighted by Crippen LogP contribution is 2.29. The normalized spacial score (nSPS) is 24.8. The zero-order valence-electron chi connectivity index (χ0n) is 13.8. The Morgan fingerprint density at radius 1 is 0.667 bits per heavy atom. The van der Waals surface area contributed by atoms with E-state index in [2.05, 4.69) is 46.2 Å². The van der Waals surface area contributed by atoms with E-state index < -0.39 is 0 Å². The molecule has 3 aliphatic heterocycles. The molecule has 0 spiro atoms. The molecule has 4 heteroatoms. The molecule has 6 bridgehead atoms. The van der Waals surface area contributed by atoms with E-state index in [-0.39, 0.29) is 0 Å². The molecule has 2 unspecified atom stereocenters. The van der Waals surface area contributed by atoms with Crippen LogP contribution in [-0.2, 0) is 25.9 Å². The van der Waals surface area contributed by atoms with Crippen LogP contribution in [0, 0.1) is 0 Å². The van der Waals surface area contributed by atoms with Crippen molar-refractivity contribution in [3.8, 4) is 11.5 Å². The van der Waals surface area contributed by atoms with E-state index in [1.807, 2.05) is 0 Å². The molecule has 4 nitrogen and oxygen atoms in total. The molecule has 2 atom stereocenters. The lowest BCUT2D eigenvalue weighted by molar-refractivity contribution is 0.0933. The highest BCUT2D eigenvalue weighted by atomic mass is 16.5. The molecule has 124 valence electrons. The minimum absolute atomic E-state index is 0.689. The molecule has 0 fully saturated rings. The van der Waals surface area contributed by atoms with Crippen molar-refractivity contribution in [3.05, 3.63) is 58.7 Å². The van der Waals surface area contributed by atoms with Crippen LogP contribution in [0.15, 0.2) is 36.4 Å². The number of nitrogens with zero attached hydrogens (tertiary/aromatic N) is 2. The Balaban J connectivity index is 1.49. The summed E-state index contributed by atoms with van der Waals surface area (Å²) < 4.78 is 11.9. The Labute approximate surface area is 142 Å². The van der Waals surface area contributed by atoms with Gasteiger partial charge in [-0.2, -0.15) is 0 Å². The van der Waals surface area contributed by atoms with Gasteiger partial charge in [-0.3, -0.25) is 9.80 Å². The zero-order chi connectivity index (χ0) is 15.9. The second-order valence-electron chi connectivity index (χ2n) is 7.04. The second kappa shape index (κ2) is 5.80. The van der Waals surface area contributed by atoms with Crippen molar-refractivity contribution >= 4 is 0 Å². The van der Waals surface area contributed by atoms with Crippen LogP contribution in [-0.4, -0.2) is 36.4 Å². The average molecular weight is 322 g/mol. The summed E-state index contributed by atoms with van der Waals surface area (Å²) >= 11 is 0. The van der Waals surface area contributed by atoms with E-state index in [0.717, 1.165) is 50.5 Å². The van der Waals surface area contributed by atoms with Crippen molar-refractivity contribution in [3.63, 3.8) is 0 Å². The molecular formula is C20H22N2O2. The molecular weight excluding hydrogens is 300 g/mol. The first-order chi connectivity index (χ1) is 11.8. The molecule has 2 aromatic carbocycles. The van der Waals surface area contributed by atoms with Crippen molar-refractivity contribution in [1.29, 1.82) is 0 Å². The van der Waals surface area contributed by atoms with Gasteiger partial charge in [-0.25, -0.2) is 0 Å². The SMILES string of the molecule is c1cc2c3cc1CCN1COc4ccc(cc4C1)CCN(CO2)C3. The number of ether oxygens (including phenoxy) is 2. The molecule has 24 heavy (non-hydrogen) atoms. The minimum atomic E-state index is 0.689. The highest BCUT2D eigenvalue weighted by Gasteiger charge is 2.21. The monoisotopic (exact) mass is 322 g/mol. The van der Waals surface area contributed by atoms with Gasteiger partial charge in [0.2, 0.25) is 0 Å². The third-order valence-corrected chi connectivity index (χ3v) is 5.28. The first-order valence-electron chi connectivity index (χ1n) is 8.77. The predicted octanol–water partition coefficient (Wildman–Crippen LogP) is 2.79. The first kappa shape index (κ1) is 14.3. The predicted molar refractivity (Wildman–Crippen MR) is 92.1 cm³/mol. The fraction of sp³-hybridized carbons (Fsp3) is 0.400. The van der Waals surface area contributed by atoms with Crippen molar-refractivity contribution in [2.75, 3.05) is 26.6 Å². The summed E-state index contributed by atoms with van der Waals surface area (Å²) in [5.74, 6) is 2.10. The van der Waals surface area contributed by atoms with Gasteiger partial charge in [0, 0.05) is 37.3 Å². The summed E-state index contributed by atoms with van der Waals surface area (Å²) in [6.07, 6.45) is 2.09. The topological polar surface area (TPSA) is 24.9 Å². The number of hydrogen-bond donors (Lipinski definition) is 0. The van der Waals surface area contributed by atoms with E-state index in [0.29, 0.717) is 13.5 Å². The van der Waals surface area contributed by atoms with E-state index in [4.69, 9.17) is 9.47 Å². The molecule has 0 aliphatic carbocycles. The summed E-state index contributed by atoms with van der Waals surface area (Å²) in [5.41, 5.74) is 5.41. The van der Waals surface area contributed by atoms with Gasteiger partial charge in [0.05, 0.1) is 0 Å². The second-order valence-corrected chi connectivity index (χ2v) is 7.04. The molecule has 0 N–H and O–H groups in total.